The second kappa shape index (κ2) is 8.07. The van der Waals surface area contributed by atoms with Crippen molar-refractivity contribution < 1.29 is 28.2 Å². The van der Waals surface area contributed by atoms with E-state index >= 15 is 0 Å². The number of carbonyl (C=O) groups excluding carboxylic acids is 2. The first kappa shape index (κ1) is 18.2. The van der Waals surface area contributed by atoms with Crippen LogP contribution in [0.15, 0.2) is 24.3 Å². The largest absolute Gasteiger partial charge is 0.481 e. The molecule has 1 fully saturated rings. The summed E-state index contributed by atoms with van der Waals surface area (Å²) in [6.07, 6.45) is -0.0568. The summed E-state index contributed by atoms with van der Waals surface area (Å²) < 4.78 is 29.5. The number of morpholine rings is 1. The first-order valence-corrected chi connectivity index (χ1v) is 7.52. The third-order valence-corrected chi connectivity index (χ3v) is 3.69. The molecule has 7 nitrogen and oxygen atoms in total. The van der Waals surface area contributed by atoms with E-state index in [1.54, 1.807) is 6.07 Å². The fourth-order valence-corrected chi connectivity index (χ4v) is 2.68. The number of nitrogens with two attached hydrogens (primary N) is 1. The molecule has 2 amide bonds. The van der Waals surface area contributed by atoms with Crippen LogP contribution in [-0.2, 0) is 19.1 Å². The number of ether oxygens (including phenoxy) is 3. The van der Waals surface area contributed by atoms with Crippen molar-refractivity contribution in [2.45, 2.75) is 12.0 Å². The average Bonchev–Trinajstić information content (AvgIpc) is 2.53. The minimum absolute atomic E-state index is 0.0133. The quantitative estimate of drug-likeness (QED) is 0.772. The van der Waals surface area contributed by atoms with Gasteiger partial charge < -0.3 is 24.8 Å². The Labute approximate surface area is 139 Å². The predicted molar refractivity (Wildman–Crippen MR) is 82.8 cm³/mol. The summed E-state index contributed by atoms with van der Waals surface area (Å²) in [6.45, 7) is 0.587. The van der Waals surface area contributed by atoms with Gasteiger partial charge >= 0.3 is 0 Å². The van der Waals surface area contributed by atoms with Crippen LogP contribution in [0.5, 0.6) is 5.75 Å². The minimum Gasteiger partial charge on any atom is -0.481 e. The van der Waals surface area contributed by atoms with Gasteiger partial charge in [-0.15, -0.1) is 0 Å². The lowest BCUT2D eigenvalue weighted by Gasteiger charge is -2.41. The Morgan fingerprint density at radius 1 is 1.42 bits per heavy atom. The number of hydrogen-bond acceptors (Lipinski definition) is 5. The molecule has 1 aromatic rings. The third kappa shape index (κ3) is 4.65. The number of nitrogens with zero attached hydrogens (tertiary/aromatic N) is 1. The second-order valence-corrected chi connectivity index (χ2v) is 5.64. The standard InChI is InChI=1S/C16H21FN2O5/c1-22-11-16(8-14(18)20)10-19(6-7-24-16)15(21)9-23-13-5-3-2-4-12(13)17/h2-5H,6-11H2,1H3,(H2,18,20)/t16-/m1/s1. The molecule has 0 spiro atoms. The summed E-state index contributed by atoms with van der Waals surface area (Å²) in [6, 6.07) is 5.86. The third-order valence-electron chi connectivity index (χ3n) is 3.69. The first-order valence-electron chi connectivity index (χ1n) is 7.52. The van der Waals surface area contributed by atoms with E-state index in [2.05, 4.69) is 0 Å². The predicted octanol–water partition coefficient (Wildman–Crippen LogP) is 0.324. The highest BCUT2D eigenvalue weighted by Crippen LogP contribution is 2.23. The van der Waals surface area contributed by atoms with Crippen LogP contribution in [0.1, 0.15) is 6.42 Å². The van der Waals surface area contributed by atoms with Crippen LogP contribution in [0.25, 0.3) is 0 Å². The zero-order valence-corrected chi connectivity index (χ0v) is 13.5. The fourth-order valence-electron chi connectivity index (χ4n) is 2.68. The normalized spacial score (nSPS) is 20.7. The summed E-state index contributed by atoms with van der Waals surface area (Å²) >= 11 is 0. The van der Waals surface area contributed by atoms with E-state index in [9.17, 15) is 14.0 Å². The summed E-state index contributed by atoms with van der Waals surface area (Å²) in [7, 11) is 1.48. The summed E-state index contributed by atoms with van der Waals surface area (Å²) in [4.78, 5) is 25.1. The van der Waals surface area contributed by atoms with Gasteiger partial charge in [0.15, 0.2) is 18.2 Å². The van der Waals surface area contributed by atoms with Crippen LogP contribution in [-0.4, -0.2) is 62.3 Å². The number of rotatable bonds is 7. The molecule has 24 heavy (non-hydrogen) atoms. The van der Waals surface area contributed by atoms with Gasteiger partial charge in [-0.1, -0.05) is 12.1 Å². The van der Waals surface area contributed by atoms with E-state index < -0.39 is 17.3 Å². The molecule has 2 N–H and O–H groups in total. The van der Waals surface area contributed by atoms with Gasteiger partial charge in [-0.2, -0.15) is 0 Å². The molecule has 0 radical (unpaired) electrons. The Hall–Kier alpha value is -2.19. The van der Waals surface area contributed by atoms with E-state index in [0.717, 1.165) is 0 Å². The topological polar surface area (TPSA) is 91.1 Å². The van der Waals surface area contributed by atoms with Crippen molar-refractivity contribution in [3.8, 4) is 5.75 Å². The first-order chi connectivity index (χ1) is 11.5. The molecule has 1 saturated heterocycles. The molecule has 1 atom stereocenters. The molecule has 1 aliphatic rings. The Bertz CT molecular complexity index is 594. The Balaban J connectivity index is 1.98. The number of methoxy groups -OCH3 is 1. The SMILES string of the molecule is COC[C@@]1(CC(N)=O)CN(C(=O)COc2ccccc2F)CCO1. The lowest BCUT2D eigenvalue weighted by atomic mass is 9.97. The van der Waals surface area contributed by atoms with Gasteiger partial charge in [0.05, 0.1) is 26.2 Å². The highest BCUT2D eigenvalue weighted by Gasteiger charge is 2.40. The van der Waals surface area contributed by atoms with Crippen LogP contribution in [0.2, 0.25) is 0 Å². The molecule has 132 valence electrons. The number of hydrogen-bond donors (Lipinski definition) is 1. The Morgan fingerprint density at radius 2 is 2.17 bits per heavy atom. The van der Waals surface area contributed by atoms with Crippen molar-refractivity contribution in [1.29, 1.82) is 0 Å². The zero-order valence-electron chi connectivity index (χ0n) is 13.5. The minimum atomic E-state index is -0.966. The number of halogens is 1. The van der Waals surface area contributed by atoms with E-state index in [1.165, 1.54) is 30.2 Å². The zero-order chi connectivity index (χ0) is 17.6. The van der Waals surface area contributed by atoms with Crippen molar-refractivity contribution in [3.05, 3.63) is 30.1 Å². The summed E-state index contributed by atoms with van der Waals surface area (Å²) in [5.41, 5.74) is 4.30. The number of amides is 2. The maximum atomic E-state index is 13.5. The Kier molecular flexibility index (Phi) is 6.10. The monoisotopic (exact) mass is 340 g/mol. The van der Waals surface area contributed by atoms with Crippen molar-refractivity contribution >= 4 is 11.8 Å². The highest BCUT2D eigenvalue weighted by molar-refractivity contribution is 5.78. The number of carbonyl (C=O) groups is 2. The molecule has 1 aromatic carbocycles. The van der Waals surface area contributed by atoms with E-state index in [4.69, 9.17) is 19.9 Å². The van der Waals surface area contributed by atoms with E-state index in [-0.39, 0.29) is 44.4 Å². The number of benzene rings is 1. The van der Waals surface area contributed by atoms with Gasteiger partial charge in [-0.25, -0.2) is 4.39 Å². The van der Waals surface area contributed by atoms with Crippen molar-refractivity contribution in [2.24, 2.45) is 5.73 Å². The summed E-state index contributed by atoms with van der Waals surface area (Å²) in [5.74, 6) is -1.38. The van der Waals surface area contributed by atoms with Crippen LogP contribution in [0, 0.1) is 5.82 Å². The molecule has 0 unspecified atom stereocenters. The van der Waals surface area contributed by atoms with Crippen LogP contribution < -0.4 is 10.5 Å². The molecular weight excluding hydrogens is 319 g/mol. The number of para-hydroxylation sites is 1. The summed E-state index contributed by atoms with van der Waals surface area (Å²) in [5, 5.41) is 0. The molecular formula is C16H21FN2O5. The van der Waals surface area contributed by atoms with Crippen molar-refractivity contribution in [1.82, 2.24) is 4.90 Å². The van der Waals surface area contributed by atoms with Gasteiger partial charge in [0, 0.05) is 13.7 Å². The Morgan fingerprint density at radius 3 is 2.83 bits per heavy atom. The molecule has 0 bridgehead atoms. The van der Waals surface area contributed by atoms with Gasteiger partial charge in [-0.05, 0) is 12.1 Å². The smallest absolute Gasteiger partial charge is 0.260 e. The fraction of sp³-hybridized carbons (Fsp3) is 0.500. The second-order valence-electron chi connectivity index (χ2n) is 5.64. The molecule has 1 heterocycles. The molecule has 1 aliphatic heterocycles. The van der Waals surface area contributed by atoms with E-state index in [0.29, 0.717) is 6.54 Å². The van der Waals surface area contributed by atoms with Crippen LogP contribution in [0.4, 0.5) is 4.39 Å². The molecule has 0 aliphatic carbocycles. The van der Waals surface area contributed by atoms with Gasteiger partial charge in [0.2, 0.25) is 5.91 Å². The molecule has 2 rings (SSSR count). The lowest BCUT2D eigenvalue weighted by molar-refractivity contribution is -0.167. The van der Waals surface area contributed by atoms with E-state index in [1.807, 2.05) is 0 Å². The van der Waals surface area contributed by atoms with Gasteiger partial charge in [-0.3, -0.25) is 9.59 Å². The number of primary amides is 1. The lowest BCUT2D eigenvalue weighted by Crippen LogP contribution is -2.58. The molecule has 8 heteroatoms. The van der Waals surface area contributed by atoms with Gasteiger partial charge in [0.25, 0.3) is 5.91 Å². The molecule has 0 saturated carbocycles. The van der Waals surface area contributed by atoms with Crippen molar-refractivity contribution in [2.75, 3.05) is 40.0 Å². The van der Waals surface area contributed by atoms with Gasteiger partial charge in [0.1, 0.15) is 5.60 Å². The highest BCUT2D eigenvalue weighted by atomic mass is 19.1. The van der Waals surface area contributed by atoms with Crippen LogP contribution in [0.3, 0.4) is 0 Å². The molecule has 0 aromatic heterocycles. The van der Waals surface area contributed by atoms with Crippen LogP contribution >= 0.6 is 0 Å². The maximum Gasteiger partial charge on any atom is 0.260 e. The average molecular weight is 340 g/mol. The maximum absolute atomic E-state index is 13.5. The van der Waals surface area contributed by atoms with Crippen molar-refractivity contribution in [3.63, 3.8) is 0 Å².